The van der Waals surface area contributed by atoms with Crippen molar-refractivity contribution >= 4 is 35.6 Å². The van der Waals surface area contributed by atoms with Crippen LogP contribution in [0.1, 0.15) is 46.0 Å². The molecule has 32 heavy (non-hydrogen) atoms. The second kappa shape index (κ2) is 12.6. The monoisotopic (exact) mass is 458 g/mol. The standard InChI is InChI=1S/C19H30N4O9/c1-3-9(2)15(23-16(28)10-5-4-6-20-10)18(30)21-11(7-13(24)25)17(29)22-12(19(31)32)8-14(26)27/h9-12,15,20H,3-8H2,1-2H3,(H,21,30)(H,22,29)(H,23,28)(H,24,25)(H,26,27)(H,31,32). The molecule has 0 aromatic carbocycles. The fourth-order valence-corrected chi connectivity index (χ4v) is 3.16. The Morgan fingerprint density at radius 1 is 0.906 bits per heavy atom. The highest BCUT2D eigenvalue weighted by Crippen LogP contribution is 2.12. The van der Waals surface area contributed by atoms with Crippen molar-refractivity contribution in [1.29, 1.82) is 0 Å². The summed E-state index contributed by atoms with van der Waals surface area (Å²) in [4.78, 5) is 70.9. The summed E-state index contributed by atoms with van der Waals surface area (Å²) in [6, 6.07) is -5.01. The molecule has 13 heteroatoms. The quantitative estimate of drug-likeness (QED) is 0.166. The van der Waals surface area contributed by atoms with Crippen LogP contribution in [0.2, 0.25) is 0 Å². The first kappa shape index (κ1) is 26.8. The third-order valence-corrected chi connectivity index (χ3v) is 5.18. The van der Waals surface area contributed by atoms with Crippen molar-refractivity contribution in [3.63, 3.8) is 0 Å². The van der Waals surface area contributed by atoms with Crippen molar-refractivity contribution in [2.45, 2.75) is 70.1 Å². The van der Waals surface area contributed by atoms with Crippen LogP contribution in [-0.2, 0) is 28.8 Å². The Morgan fingerprint density at radius 3 is 1.94 bits per heavy atom. The zero-order valence-corrected chi connectivity index (χ0v) is 17.9. The first-order valence-electron chi connectivity index (χ1n) is 10.3. The largest absolute Gasteiger partial charge is 0.481 e. The van der Waals surface area contributed by atoms with E-state index in [0.717, 1.165) is 6.42 Å². The van der Waals surface area contributed by atoms with Gasteiger partial charge < -0.3 is 36.6 Å². The minimum absolute atomic E-state index is 0.354. The van der Waals surface area contributed by atoms with E-state index >= 15 is 0 Å². The molecular weight excluding hydrogens is 428 g/mol. The predicted octanol–water partition coefficient (Wildman–Crippen LogP) is -1.73. The molecule has 5 unspecified atom stereocenters. The lowest BCUT2D eigenvalue weighted by Gasteiger charge is -2.27. The summed E-state index contributed by atoms with van der Waals surface area (Å²) in [5.41, 5.74) is 0. The molecule has 0 bridgehead atoms. The minimum Gasteiger partial charge on any atom is -0.481 e. The summed E-state index contributed by atoms with van der Waals surface area (Å²) < 4.78 is 0. The van der Waals surface area contributed by atoms with E-state index < -0.39 is 72.6 Å². The zero-order valence-electron chi connectivity index (χ0n) is 17.9. The average molecular weight is 458 g/mol. The molecule has 5 atom stereocenters. The zero-order chi connectivity index (χ0) is 24.4. The molecule has 1 aliphatic heterocycles. The van der Waals surface area contributed by atoms with Gasteiger partial charge in [-0.1, -0.05) is 20.3 Å². The molecule has 3 amide bonds. The molecule has 1 rings (SSSR count). The Hall–Kier alpha value is -3.22. The molecule has 0 spiro atoms. The van der Waals surface area contributed by atoms with Crippen molar-refractivity contribution < 1.29 is 44.1 Å². The van der Waals surface area contributed by atoms with Crippen LogP contribution in [0.15, 0.2) is 0 Å². The van der Waals surface area contributed by atoms with Gasteiger partial charge in [0.15, 0.2) is 0 Å². The minimum atomic E-state index is -1.81. The molecule has 1 heterocycles. The lowest BCUT2D eigenvalue weighted by atomic mass is 9.97. The lowest BCUT2D eigenvalue weighted by Crippen LogP contribution is -2.59. The van der Waals surface area contributed by atoms with E-state index in [1.807, 2.05) is 5.32 Å². The number of hydrogen-bond acceptors (Lipinski definition) is 7. The van der Waals surface area contributed by atoms with Gasteiger partial charge in [-0.15, -0.1) is 0 Å². The maximum Gasteiger partial charge on any atom is 0.326 e. The van der Waals surface area contributed by atoms with Crippen LogP contribution in [0.3, 0.4) is 0 Å². The second-order valence-corrected chi connectivity index (χ2v) is 7.68. The summed E-state index contributed by atoms with van der Waals surface area (Å²) >= 11 is 0. The fourth-order valence-electron chi connectivity index (χ4n) is 3.16. The first-order chi connectivity index (χ1) is 15.0. The lowest BCUT2D eigenvalue weighted by molar-refractivity contribution is -0.148. The predicted molar refractivity (Wildman–Crippen MR) is 108 cm³/mol. The van der Waals surface area contributed by atoms with Crippen molar-refractivity contribution in [2.24, 2.45) is 5.92 Å². The number of rotatable bonds is 13. The summed E-state index contributed by atoms with van der Waals surface area (Å²) in [5.74, 6) is -7.29. The Morgan fingerprint density at radius 2 is 1.47 bits per heavy atom. The number of carbonyl (C=O) groups is 6. The second-order valence-electron chi connectivity index (χ2n) is 7.68. The van der Waals surface area contributed by atoms with Gasteiger partial charge in [-0.3, -0.25) is 24.0 Å². The number of nitrogens with one attached hydrogen (secondary N) is 4. The molecule has 180 valence electrons. The van der Waals surface area contributed by atoms with Crippen molar-refractivity contribution in [2.75, 3.05) is 6.54 Å². The van der Waals surface area contributed by atoms with Crippen LogP contribution >= 0.6 is 0 Å². The van der Waals surface area contributed by atoms with Gasteiger partial charge in [0.1, 0.15) is 18.1 Å². The van der Waals surface area contributed by atoms with Gasteiger partial charge in [-0.2, -0.15) is 0 Å². The van der Waals surface area contributed by atoms with E-state index in [4.69, 9.17) is 15.3 Å². The van der Waals surface area contributed by atoms with Gasteiger partial charge in [-0.25, -0.2) is 4.79 Å². The summed E-state index contributed by atoms with van der Waals surface area (Å²) in [6.07, 6.45) is 0.0914. The Kier molecular flexibility index (Phi) is 10.5. The van der Waals surface area contributed by atoms with Gasteiger partial charge in [0.25, 0.3) is 0 Å². The highest BCUT2D eigenvalue weighted by Gasteiger charge is 2.34. The smallest absolute Gasteiger partial charge is 0.326 e. The first-order valence-corrected chi connectivity index (χ1v) is 10.3. The van der Waals surface area contributed by atoms with Gasteiger partial charge in [0, 0.05) is 0 Å². The molecule has 1 fully saturated rings. The molecule has 1 aliphatic rings. The molecule has 0 aromatic heterocycles. The summed E-state index contributed by atoms with van der Waals surface area (Å²) in [6.45, 7) is 4.15. The number of amides is 3. The van der Waals surface area contributed by atoms with Crippen molar-refractivity contribution in [3.8, 4) is 0 Å². The normalized spacial score (nSPS) is 19.1. The third-order valence-electron chi connectivity index (χ3n) is 5.18. The summed E-state index contributed by atoms with van der Waals surface area (Å²) in [7, 11) is 0. The highest BCUT2D eigenvalue weighted by molar-refractivity contribution is 5.96. The van der Waals surface area contributed by atoms with Gasteiger partial charge >= 0.3 is 17.9 Å². The molecule has 13 nitrogen and oxygen atoms in total. The van der Waals surface area contributed by atoms with Crippen LogP contribution in [0.5, 0.6) is 0 Å². The summed E-state index contributed by atoms with van der Waals surface area (Å²) in [5, 5.41) is 36.8. The van der Waals surface area contributed by atoms with Crippen LogP contribution in [-0.4, -0.2) is 81.7 Å². The fraction of sp³-hybridized carbons (Fsp3) is 0.684. The molecule has 1 saturated heterocycles. The Bertz CT molecular complexity index is 736. The number of carboxylic acid groups (broad SMARTS) is 3. The molecule has 0 aliphatic carbocycles. The van der Waals surface area contributed by atoms with Crippen molar-refractivity contribution in [1.82, 2.24) is 21.3 Å². The maximum atomic E-state index is 12.9. The molecule has 0 radical (unpaired) electrons. The molecule has 7 N–H and O–H groups in total. The van der Waals surface area contributed by atoms with Crippen LogP contribution < -0.4 is 21.3 Å². The maximum absolute atomic E-state index is 12.9. The van der Waals surface area contributed by atoms with Crippen LogP contribution in [0.25, 0.3) is 0 Å². The van der Waals surface area contributed by atoms with E-state index in [9.17, 15) is 28.8 Å². The Balaban J connectivity index is 2.96. The Labute approximate surface area is 184 Å². The number of hydrogen-bond donors (Lipinski definition) is 7. The molecular formula is C19H30N4O9. The topological polar surface area (TPSA) is 211 Å². The number of carboxylic acids is 3. The van der Waals surface area contributed by atoms with Crippen LogP contribution in [0.4, 0.5) is 0 Å². The number of aliphatic carboxylic acids is 3. The highest BCUT2D eigenvalue weighted by atomic mass is 16.4. The average Bonchev–Trinajstić information content (AvgIpc) is 3.24. The van der Waals surface area contributed by atoms with Crippen LogP contribution in [0, 0.1) is 5.92 Å². The van der Waals surface area contributed by atoms with E-state index in [-0.39, 0.29) is 5.92 Å². The van der Waals surface area contributed by atoms with Crippen molar-refractivity contribution in [3.05, 3.63) is 0 Å². The van der Waals surface area contributed by atoms with Gasteiger partial charge in [0.2, 0.25) is 17.7 Å². The molecule has 0 aromatic rings. The van der Waals surface area contributed by atoms with E-state index in [2.05, 4.69) is 16.0 Å². The SMILES string of the molecule is CCC(C)C(NC(=O)C1CCCN1)C(=O)NC(CC(=O)O)C(=O)NC(CC(=O)O)C(=O)O. The third kappa shape index (κ3) is 8.49. The van der Waals surface area contributed by atoms with E-state index in [1.54, 1.807) is 13.8 Å². The van der Waals surface area contributed by atoms with Gasteiger partial charge in [-0.05, 0) is 25.3 Å². The number of carbonyl (C=O) groups excluding carboxylic acids is 3. The van der Waals surface area contributed by atoms with E-state index in [1.165, 1.54) is 0 Å². The van der Waals surface area contributed by atoms with Gasteiger partial charge in [0.05, 0.1) is 18.9 Å². The van der Waals surface area contributed by atoms with E-state index in [0.29, 0.717) is 19.4 Å². The molecule has 0 saturated carbocycles.